The van der Waals surface area contributed by atoms with Crippen molar-refractivity contribution in [3.05, 3.63) is 71.4 Å². The number of para-hydroxylation sites is 1. The zero-order valence-electron chi connectivity index (χ0n) is 12.2. The number of methoxy groups -OCH3 is 1. The number of aromatic nitrogens is 1. The van der Waals surface area contributed by atoms with Crippen molar-refractivity contribution in [1.82, 2.24) is 4.98 Å². The minimum Gasteiger partial charge on any atom is -0.496 e. The van der Waals surface area contributed by atoms with Gasteiger partial charge in [-0.25, -0.2) is 4.98 Å². The number of pyridine rings is 1. The van der Waals surface area contributed by atoms with Crippen LogP contribution in [0.1, 0.15) is 16.8 Å². The third-order valence-corrected chi connectivity index (χ3v) is 3.49. The minimum absolute atomic E-state index is 0.913. The van der Waals surface area contributed by atoms with Crippen LogP contribution in [-0.4, -0.2) is 12.1 Å². The number of hydrogen-bond acceptors (Lipinski definition) is 2. The molecule has 0 spiro atoms. The van der Waals surface area contributed by atoms with Gasteiger partial charge in [-0.05, 0) is 48.4 Å². The molecule has 0 radical (unpaired) electrons. The lowest BCUT2D eigenvalue weighted by Gasteiger charge is -2.04. The molecule has 2 heteroatoms. The largest absolute Gasteiger partial charge is 0.496 e. The third-order valence-electron chi connectivity index (χ3n) is 3.49. The lowest BCUT2D eigenvalue weighted by molar-refractivity contribution is 0.411. The summed E-state index contributed by atoms with van der Waals surface area (Å²) in [5.74, 6) is 0.913. The summed E-state index contributed by atoms with van der Waals surface area (Å²) in [5, 5.41) is 1.16. The molecule has 0 amide bonds. The molecule has 3 rings (SSSR count). The first-order valence-corrected chi connectivity index (χ1v) is 6.95. The Morgan fingerprint density at radius 1 is 0.952 bits per heavy atom. The summed E-state index contributed by atoms with van der Waals surface area (Å²) < 4.78 is 5.27. The quantitative estimate of drug-likeness (QED) is 0.690. The molecule has 2 nitrogen and oxygen atoms in total. The predicted molar refractivity (Wildman–Crippen MR) is 88.4 cm³/mol. The van der Waals surface area contributed by atoms with Gasteiger partial charge in [-0.3, -0.25) is 0 Å². The van der Waals surface area contributed by atoms with Gasteiger partial charge >= 0.3 is 0 Å². The highest BCUT2D eigenvalue weighted by Crippen LogP contribution is 2.20. The zero-order chi connectivity index (χ0) is 14.7. The summed E-state index contributed by atoms with van der Waals surface area (Å²) in [6, 6.07) is 18.4. The molecular weight excluding hydrogens is 258 g/mol. The maximum atomic E-state index is 5.27. The molecule has 0 atom stereocenters. The van der Waals surface area contributed by atoms with Gasteiger partial charge in [0.05, 0.1) is 18.3 Å². The number of nitrogens with zero attached hydrogens (tertiary/aromatic N) is 1. The van der Waals surface area contributed by atoms with Crippen LogP contribution in [0, 0.1) is 6.92 Å². The van der Waals surface area contributed by atoms with E-state index in [1.165, 1.54) is 0 Å². The maximum absolute atomic E-state index is 5.27. The van der Waals surface area contributed by atoms with E-state index in [1.54, 1.807) is 7.11 Å². The molecule has 1 heterocycles. The van der Waals surface area contributed by atoms with Gasteiger partial charge in [0.15, 0.2) is 0 Å². The summed E-state index contributed by atoms with van der Waals surface area (Å²) in [7, 11) is 1.69. The van der Waals surface area contributed by atoms with Gasteiger partial charge in [0.25, 0.3) is 0 Å². The van der Waals surface area contributed by atoms with Gasteiger partial charge in [-0.1, -0.05) is 36.4 Å². The average Bonchev–Trinajstić information content (AvgIpc) is 2.53. The SMILES string of the molecule is COc1ccc(/C=C/c2ccc3ccccc3n2)cc1C. The van der Waals surface area contributed by atoms with Crippen LogP contribution < -0.4 is 4.74 Å². The molecule has 21 heavy (non-hydrogen) atoms. The smallest absolute Gasteiger partial charge is 0.121 e. The minimum atomic E-state index is 0.913. The predicted octanol–water partition coefficient (Wildman–Crippen LogP) is 4.72. The summed E-state index contributed by atoms with van der Waals surface area (Å²) >= 11 is 0. The zero-order valence-corrected chi connectivity index (χ0v) is 12.2. The number of fused-ring (bicyclic) bond motifs is 1. The van der Waals surface area contributed by atoms with Gasteiger partial charge in [0.2, 0.25) is 0 Å². The van der Waals surface area contributed by atoms with Crippen LogP contribution in [0.3, 0.4) is 0 Å². The molecule has 104 valence electrons. The molecule has 3 aromatic rings. The Morgan fingerprint density at radius 2 is 1.81 bits per heavy atom. The lowest BCUT2D eigenvalue weighted by atomic mass is 10.1. The topological polar surface area (TPSA) is 22.1 Å². The van der Waals surface area contributed by atoms with Crippen molar-refractivity contribution in [3.8, 4) is 5.75 Å². The second kappa shape index (κ2) is 5.80. The van der Waals surface area contributed by atoms with E-state index in [2.05, 4.69) is 29.3 Å². The molecule has 0 saturated heterocycles. The molecule has 0 aliphatic heterocycles. The Kier molecular flexibility index (Phi) is 3.69. The van der Waals surface area contributed by atoms with Gasteiger partial charge < -0.3 is 4.74 Å². The molecule has 0 fully saturated rings. The molecule has 1 aromatic heterocycles. The van der Waals surface area contributed by atoms with Crippen molar-refractivity contribution in [3.63, 3.8) is 0 Å². The molecule has 0 unspecified atom stereocenters. The van der Waals surface area contributed by atoms with Gasteiger partial charge in [0, 0.05) is 5.39 Å². The number of aryl methyl sites for hydroxylation is 1. The maximum Gasteiger partial charge on any atom is 0.121 e. The van der Waals surface area contributed by atoms with Crippen molar-refractivity contribution in [2.75, 3.05) is 7.11 Å². The number of rotatable bonds is 3. The van der Waals surface area contributed by atoms with Crippen molar-refractivity contribution in [2.45, 2.75) is 6.92 Å². The monoisotopic (exact) mass is 275 g/mol. The summed E-state index contributed by atoms with van der Waals surface area (Å²) in [6.45, 7) is 2.05. The first kappa shape index (κ1) is 13.4. The summed E-state index contributed by atoms with van der Waals surface area (Å²) in [4.78, 5) is 4.63. The number of benzene rings is 2. The van der Waals surface area contributed by atoms with Gasteiger partial charge in [-0.2, -0.15) is 0 Å². The normalized spacial score (nSPS) is 11.1. The average molecular weight is 275 g/mol. The van der Waals surface area contributed by atoms with E-state index in [4.69, 9.17) is 4.74 Å². The van der Waals surface area contributed by atoms with E-state index in [9.17, 15) is 0 Å². The second-order valence-corrected chi connectivity index (χ2v) is 4.99. The Morgan fingerprint density at radius 3 is 2.62 bits per heavy atom. The number of hydrogen-bond donors (Lipinski definition) is 0. The Labute approximate surface area is 124 Å². The van der Waals surface area contributed by atoms with E-state index in [1.807, 2.05) is 49.4 Å². The summed E-state index contributed by atoms with van der Waals surface area (Å²) in [5.41, 5.74) is 4.25. The molecule has 0 bridgehead atoms. The fraction of sp³-hybridized carbons (Fsp3) is 0.105. The fourth-order valence-electron chi connectivity index (χ4n) is 2.36. The molecule has 0 N–H and O–H groups in total. The van der Waals surface area contributed by atoms with Crippen molar-refractivity contribution >= 4 is 23.1 Å². The Balaban J connectivity index is 1.88. The molecule has 0 saturated carbocycles. The molecule has 2 aromatic carbocycles. The Bertz CT molecular complexity index is 806. The highest BCUT2D eigenvalue weighted by Gasteiger charge is 1.98. The fourth-order valence-corrected chi connectivity index (χ4v) is 2.36. The van der Waals surface area contributed by atoms with Crippen molar-refractivity contribution in [1.29, 1.82) is 0 Å². The van der Waals surface area contributed by atoms with Gasteiger partial charge in [0.1, 0.15) is 5.75 Å². The van der Waals surface area contributed by atoms with Crippen LogP contribution in [0.5, 0.6) is 5.75 Å². The first-order chi connectivity index (χ1) is 10.3. The first-order valence-electron chi connectivity index (χ1n) is 6.95. The van der Waals surface area contributed by atoms with E-state index in [0.29, 0.717) is 0 Å². The Hall–Kier alpha value is -2.61. The number of ether oxygens (including phenoxy) is 1. The van der Waals surface area contributed by atoms with E-state index < -0.39 is 0 Å². The third kappa shape index (κ3) is 2.95. The van der Waals surface area contributed by atoms with E-state index in [-0.39, 0.29) is 0 Å². The highest BCUT2D eigenvalue weighted by atomic mass is 16.5. The van der Waals surface area contributed by atoms with Crippen LogP contribution in [0.4, 0.5) is 0 Å². The van der Waals surface area contributed by atoms with Crippen molar-refractivity contribution in [2.24, 2.45) is 0 Å². The van der Waals surface area contributed by atoms with E-state index >= 15 is 0 Å². The summed E-state index contributed by atoms with van der Waals surface area (Å²) in [6.07, 6.45) is 4.11. The second-order valence-electron chi connectivity index (χ2n) is 4.99. The lowest BCUT2D eigenvalue weighted by Crippen LogP contribution is -1.87. The van der Waals surface area contributed by atoms with Crippen molar-refractivity contribution < 1.29 is 4.74 Å². The van der Waals surface area contributed by atoms with Crippen LogP contribution in [0.25, 0.3) is 23.1 Å². The molecule has 0 aliphatic rings. The highest BCUT2D eigenvalue weighted by molar-refractivity contribution is 5.80. The van der Waals surface area contributed by atoms with Crippen LogP contribution >= 0.6 is 0 Å². The standard InChI is InChI=1S/C19H17NO/c1-14-13-15(8-12-19(14)21-2)7-10-17-11-9-16-5-3-4-6-18(16)20-17/h3-13H,1-2H3/b10-7+. The van der Waals surface area contributed by atoms with E-state index in [0.717, 1.165) is 33.5 Å². The molecular formula is C19H17NO. The van der Waals surface area contributed by atoms with Crippen LogP contribution in [0.2, 0.25) is 0 Å². The molecule has 0 aliphatic carbocycles. The van der Waals surface area contributed by atoms with Crippen LogP contribution in [-0.2, 0) is 0 Å². The van der Waals surface area contributed by atoms with Gasteiger partial charge in [-0.15, -0.1) is 0 Å². The van der Waals surface area contributed by atoms with Crippen LogP contribution in [0.15, 0.2) is 54.6 Å².